The Morgan fingerprint density at radius 3 is 2.36 bits per heavy atom. The zero-order valence-electron chi connectivity index (χ0n) is 14.0. The quantitative estimate of drug-likeness (QED) is 0.813. The van der Waals surface area contributed by atoms with E-state index in [1.807, 2.05) is 18.2 Å². The second-order valence-corrected chi connectivity index (χ2v) is 6.43. The fourth-order valence-electron chi connectivity index (χ4n) is 3.22. The molecule has 0 unspecified atom stereocenters. The topological polar surface area (TPSA) is 81.4 Å². The maximum atomic E-state index is 12.2. The maximum absolute atomic E-state index is 12.2. The summed E-state index contributed by atoms with van der Waals surface area (Å²) in [6.07, 6.45) is 3.32. The molecule has 0 heterocycles. The number of hydrogen-bond donors (Lipinski definition) is 2. The van der Waals surface area contributed by atoms with E-state index < -0.39 is 5.91 Å². The first-order valence-corrected chi connectivity index (χ1v) is 8.45. The molecule has 1 fully saturated rings. The molecular formula is C20H22N2O3. The maximum Gasteiger partial charge on any atom is 0.257 e. The first kappa shape index (κ1) is 17.0. The largest absolute Gasteiger partial charge is 0.483 e. The van der Waals surface area contributed by atoms with Crippen LogP contribution in [0.1, 0.15) is 35.2 Å². The van der Waals surface area contributed by atoms with Crippen LogP contribution in [0.2, 0.25) is 0 Å². The molecule has 25 heavy (non-hydrogen) atoms. The molecule has 1 aliphatic carbocycles. The Hall–Kier alpha value is -2.82. The molecule has 3 rings (SSSR count). The van der Waals surface area contributed by atoms with Gasteiger partial charge in [-0.3, -0.25) is 9.59 Å². The molecule has 2 amide bonds. The molecule has 0 atom stereocenters. The molecule has 5 nitrogen and oxygen atoms in total. The van der Waals surface area contributed by atoms with Gasteiger partial charge in [-0.05, 0) is 30.5 Å². The molecule has 3 N–H and O–H groups in total. The summed E-state index contributed by atoms with van der Waals surface area (Å²) < 4.78 is 5.47. The molecule has 1 saturated carbocycles. The van der Waals surface area contributed by atoms with Crippen LogP contribution in [0.25, 0.3) is 0 Å². The Bertz CT molecular complexity index is 755. The van der Waals surface area contributed by atoms with Crippen molar-refractivity contribution in [2.45, 2.75) is 24.7 Å². The SMILES string of the molecule is NC(=O)c1ccccc1OCC(=O)NCC1(c2ccccc2)CCC1. The van der Waals surface area contributed by atoms with E-state index in [0.717, 1.165) is 12.8 Å². The lowest BCUT2D eigenvalue weighted by Crippen LogP contribution is -2.46. The second kappa shape index (κ2) is 7.38. The number of rotatable bonds is 7. The van der Waals surface area contributed by atoms with Gasteiger partial charge in [0.1, 0.15) is 5.75 Å². The summed E-state index contributed by atoms with van der Waals surface area (Å²) in [5, 5.41) is 2.96. The number of para-hydroxylation sites is 1. The van der Waals surface area contributed by atoms with Gasteiger partial charge in [0, 0.05) is 12.0 Å². The van der Waals surface area contributed by atoms with Crippen LogP contribution in [0.5, 0.6) is 5.75 Å². The molecule has 0 aliphatic heterocycles. The van der Waals surface area contributed by atoms with Crippen LogP contribution in [-0.2, 0) is 10.2 Å². The summed E-state index contributed by atoms with van der Waals surface area (Å²) >= 11 is 0. The third kappa shape index (κ3) is 3.82. The van der Waals surface area contributed by atoms with Crippen LogP contribution >= 0.6 is 0 Å². The third-order valence-corrected chi connectivity index (χ3v) is 4.83. The van der Waals surface area contributed by atoms with Gasteiger partial charge < -0.3 is 15.8 Å². The van der Waals surface area contributed by atoms with E-state index in [1.165, 1.54) is 12.0 Å². The number of nitrogens with two attached hydrogens (primary N) is 1. The highest BCUT2D eigenvalue weighted by Gasteiger charge is 2.38. The molecule has 2 aromatic carbocycles. The lowest BCUT2D eigenvalue weighted by molar-refractivity contribution is -0.123. The van der Waals surface area contributed by atoms with E-state index in [4.69, 9.17) is 10.5 Å². The van der Waals surface area contributed by atoms with E-state index in [-0.39, 0.29) is 23.5 Å². The summed E-state index contributed by atoms with van der Waals surface area (Å²) in [6.45, 7) is 0.450. The van der Waals surface area contributed by atoms with Crippen molar-refractivity contribution in [1.82, 2.24) is 5.32 Å². The molecule has 1 aliphatic rings. The number of hydrogen-bond acceptors (Lipinski definition) is 3. The molecule has 130 valence electrons. The monoisotopic (exact) mass is 338 g/mol. The Balaban J connectivity index is 1.56. The van der Waals surface area contributed by atoms with E-state index in [9.17, 15) is 9.59 Å². The fourth-order valence-corrected chi connectivity index (χ4v) is 3.22. The number of carbonyl (C=O) groups is 2. The predicted molar refractivity (Wildman–Crippen MR) is 95.4 cm³/mol. The summed E-state index contributed by atoms with van der Waals surface area (Å²) in [7, 11) is 0. The van der Waals surface area contributed by atoms with Crippen LogP contribution < -0.4 is 15.8 Å². The summed E-state index contributed by atoms with van der Waals surface area (Å²) in [5.41, 5.74) is 6.88. The van der Waals surface area contributed by atoms with Gasteiger partial charge in [0.2, 0.25) is 0 Å². The highest BCUT2D eigenvalue weighted by Crippen LogP contribution is 2.43. The zero-order chi connectivity index (χ0) is 17.7. The normalized spacial score (nSPS) is 15.0. The number of amides is 2. The smallest absolute Gasteiger partial charge is 0.257 e. The average molecular weight is 338 g/mol. The number of benzene rings is 2. The van der Waals surface area contributed by atoms with Crippen molar-refractivity contribution < 1.29 is 14.3 Å². The molecular weight excluding hydrogens is 316 g/mol. The lowest BCUT2D eigenvalue weighted by atomic mass is 9.64. The van der Waals surface area contributed by atoms with E-state index in [0.29, 0.717) is 12.3 Å². The van der Waals surface area contributed by atoms with Gasteiger partial charge in [0.15, 0.2) is 6.61 Å². The minimum atomic E-state index is -0.575. The number of carbonyl (C=O) groups excluding carboxylic acids is 2. The molecule has 0 radical (unpaired) electrons. The first-order chi connectivity index (χ1) is 12.1. The van der Waals surface area contributed by atoms with Crippen molar-refractivity contribution in [2.75, 3.05) is 13.2 Å². The summed E-state index contributed by atoms with van der Waals surface area (Å²) in [4.78, 5) is 23.5. The van der Waals surface area contributed by atoms with Crippen LogP contribution in [0.4, 0.5) is 0 Å². The Kier molecular flexibility index (Phi) is 5.03. The third-order valence-electron chi connectivity index (χ3n) is 4.83. The first-order valence-electron chi connectivity index (χ1n) is 8.45. The van der Waals surface area contributed by atoms with Crippen LogP contribution in [0.3, 0.4) is 0 Å². The van der Waals surface area contributed by atoms with Gasteiger partial charge in [-0.2, -0.15) is 0 Å². The Morgan fingerprint density at radius 2 is 1.72 bits per heavy atom. The van der Waals surface area contributed by atoms with Crippen molar-refractivity contribution >= 4 is 11.8 Å². The molecule has 0 aromatic heterocycles. The Morgan fingerprint density at radius 1 is 1.04 bits per heavy atom. The van der Waals surface area contributed by atoms with E-state index >= 15 is 0 Å². The highest BCUT2D eigenvalue weighted by molar-refractivity contribution is 5.95. The molecule has 2 aromatic rings. The standard InChI is InChI=1S/C20H22N2O3/c21-19(24)16-9-4-5-10-17(16)25-13-18(23)22-14-20(11-6-12-20)15-7-2-1-3-8-15/h1-5,7-10H,6,11-14H2,(H2,21,24)(H,22,23). The van der Waals surface area contributed by atoms with Crippen molar-refractivity contribution in [3.63, 3.8) is 0 Å². The lowest BCUT2D eigenvalue weighted by Gasteiger charge is -2.42. The van der Waals surface area contributed by atoms with Gasteiger partial charge in [0.25, 0.3) is 11.8 Å². The number of nitrogens with one attached hydrogen (secondary N) is 1. The van der Waals surface area contributed by atoms with Crippen LogP contribution in [0.15, 0.2) is 54.6 Å². The fraction of sp³-hybridized carbons (Fsp3) is 0.300. The summed E-state index contributed by atoms with van der Waals surface area (Å²) in [5.74, 6) is -0.457. The predicted octanol–water partition coefficient (Wildman–Crippen LogP) is 2.40. The number of primary amides is 1. The average Bonchev–Trinajstić information content (AvgIpc) is 2.60. The highest BCUT2D eigenvalue weighted by atomic mass is 16.5. The van der Waals surface area contributed by atoms with Crippen molar-refractivity contribution in [3.8, 4) is 5.75 Å². The van der Waals surface area contributed by atoms with Crippen LogP contribution in [0, 0.1) is 0 Å². The van der Waals surface area contributed by atoms with Gasteiger partial charge in [-0.1, -0.05) is 48.9 Å². The zero-order valence-corrected chi connectivity index (χ0v) is 14.0. The molecule has 0 bridgehead atoms. The van der Waals surface area contributed by atoms with E-state index in [1.54, 1.807) is 24.3 Å². The van der Waals surface area contributed by atoms with Gasteiger partial charge in [-0.25, -0.2) is 0 Å². The molecule has 0 spiro atoms. The molecule has 5 heteroatoms. The number of ether oxygens (including phenoxy) is 1. The minimum Gasteiger partial charge on any atom is -0.483 e. The van der Waals surface area contributed by atoms with Crippen molar-refractivity contribution in [3.05, 3.63) is 65.7 Å². The Labute approximate surface area is 147 Å². The van der Waals surface area contributed by atoms with E-state index in [2.05, 4.69) is 17.4 Å². The van der Waals surface area contributed by atoms with Gasteiger partial charge in [-0.15, -0.1) is 0 Å². The minimum absolute atomic E-state index is 0.0298. The second-order valence-electron chi connectivity index (χ2n) is 6.43. The summed E-state index contributed by atoms with van der Waals surface area (Å²) in [6, 6.07) is 16.9. The van der Waals surface area contributed by atoms with Gasteiger partial charge >= 0.3 is 0 Å². The van der Waals surface area contributed by atoms with Crippen LogP contribution in [-0.4, -0.2) is 25.0 Å². The van der Waals surface area contributed by atoms with Gasteiger partial charge in [0.05, 0.1) is 5.56 Å². The van der Waals surface area contributed by atoms with Crippen molar-refractivity contribution in [2.24, 2.45) is 5.73 Å². The molecule has 0 saturated heterocycles. The van der Waals surface area contributed by atoms with Crippen molar-refractivity contribution in [1.29, 1.82) is 0 Å².